The molecule has 6 unspecified atom stereocenters. The van der Waals surface area contributed by atoms with Gasteiger partial charge in [-0.3, -0.25) is 9.59 Å². The summed E-state index contributed by atoms with van der Waals surface area (Å²) in [5, 5.41) is 0. The van der Waals surface area contributed by atoms with E-state index in [2.05, 4.69) is 11.3 Å². The van der Waals surface area contributed by atoms with Gasteiger partial charge in [0.1, 0.15) is 30.7 Å². The summed E-state index contributed by atoms with van der Waals surface area (Å²) in [4.78, 5) is 47.3. The zero-order valence-electron chi connectivity index (χ0n) is 14.0. The minimum atomic E-state index is -0.974. The summed E-state index contributed by atoms with van der Waals surface area (Å²) in [6.07, 6.45) is -2.41. The molecule has 0 aromatic heterocycles. The summed E-state index contributed by atoms with van der Waals surface area (Å²) < 4.78 is 30.6. The lowest BCUT2D eigenvalue weighted by Crippen LogP contribution is -2.48. The van der Waals surface area contributed by atoms with Gasteiger partial charge in [0.05, 0.1) is 6.61 Å². The number of rotatable bonds is 8. The molecule has 3 saturated heterocycles. The smallest absolute Gasteiger partial charge is 0.344 e. The predicted molar refractivity (Wildman–Crippen MR) is 79.4 cm³/mol. The first-order valence-electron chi connectivity index (χ1n) is 7.98. The van der Waals surface area contributed by atoms with Crippen LogP contribution in [0, 0.1) is 11.8 Å². The Balaban J connectivity index is 1.66. The van der Waals surface area contributed by atoms with Crippen molar-refractivity contribution in [3.05, 3.63) is 12.7 Å². The van der Waals surface area contributed by atoms with Gasteiger partial charge in [-0.1, -0.05) is 6.58 Å². The van der Waals surface area contributed by atoms with Gasteiger partial charge in [0.25, 0.3) is 0 Å². The Bertz CT molecular complexity index is 629. The van der Waals surface area contributed by atoms with Gasteiger partial charge in [-0.05, 0) is 0 Å². The van der Waals surface area contributed by atoms with Crippen LogP contribution in [0.5, 0.6) is 0 Å². The second kappa shape index (κ2) is 7.42. The molecule has 0 radical (unpaired) electrons. The molecule has 2 bridgehead atoms. The van der Waals surface area contributed by atoms with Crippen molar-refractivity contribution in [1.29, 1.82) is 0 Å². The fourth-order valence-corrected chi connectivity index (χ4v) is 3.44. The van der Waals surface area contributed by atoms with Crippen LogP contribution in [0.1, 0.15) is 0 Å². The topological polar surface area (TPSA) is 124 Å². The summed E-state index contributed by atoms with van der Waals surface area (Å²) in [5.41, 5.74) is 0. The maximum atomic E-state index is 12.3. The van der Waals surface area contributed by atoms with Gasteiger partial charge in [0.2, 0.25) is 0 Å². The van der Waals surface area contributed by atoms with Crippen LogP contribution >= 0.6 is 0 Å². The zero-order valence-corrected chi connectivity index (χ0v) is 14.0. The fourth-order valence-electron chi connectivity index (χ4n) is 3.44. The highest BCUT2D eigenvalue weighted by molar-refractivity contribution is 5.87. The lowest BCUT2D eigenvalue weighted by Gasteiger charge is -2.27. The van der Waals surface area contributed by atoms with Crippen molar-refractivity contribution in [2.75, 3.05) is 26.9 Å². The van der Waals surface area contributed by atoms with Crippen molar-refractivity contribution in [3.63, 3.8) is 0 Å². The summed E-state index contributed by atoms with van der Waals surface area (Å²) in [6, 6.07) is 0. The fraction of sp³-hybridized carbons (Fsp3) is 0.625. The molecular weight excluding hydrogens is 352 g/mol. The van der Waals surface area contributed by atoms with Crippen molar-refractivity contribution in [2.24, 2.45) is 11.8 Å². The van der Waals surface area contributed by atoms with E-state index in [9.17, 15) is 19.2 Å². The van der Waals surface area contributed by atoms with Gasteiger partial charge in [-0.25, -0.2) is 9.59 Å². The predicted octanol–water partition coefficient (Wildman–Crippen LogP) is -1.24. The van der Waals surface area contributed by atoms with E-state index in [0.717, 1.165) is 6.08 Å². The Hall–Kier alpha value is -2.46. The molecule has 0 spiro atoms. The Morgan fingerprint density at radius 2 is 1.92 bits per heavy atom. The molecule has 0 saturated carbocycles. The number of hydrogen-bond acceptors (Lipinski definition) is 10. The van der Waals surface area contributed by atoms with Gasteiger partial charge in [-0.15, -0.1) is 0 Å². The third-order valence-electron chi connectivity index (χ3n) is 4.48. The van der Waals surface area contributed by atoms with Crippen LogP contribution < -0.4 is 0 Å². The monoisotopic (exact) mass is 370 g/mol. The summed E-state index contributed by atoms with van der Waals surface area (Å²) in [6.45, 7) is 2.81. The Morgan fingerprint density at radius 1 is 1.15 bits per heavy atom. The van der Waals surface area contributed by atoms with E-state index >= 15 is 0 Å². The lowest BCUT2D eigenvalue weighted by molar-refractivity contribution is -0.169. The third-order valence-corrected chi connectivity index (χ3v) is 4.48. The van der Waals surface area contributed by atoms with Gasteiger partial charge in [0, 0.05) is 13.2 Å². The van der Waals surface area contributed by atoms with E-state index < -0.39 is 66.7 Å². The number of carbonyl (C=O) groups is 4. The molecule has 0 aromatic rings. The Labute approximate surface area is 148 Å². The van der Waals surface area contributed by atoms with Crippen LogP contribution in [0.15, 0.2) is 12.7 Å². The van der Waals surface area contributed by atoms with Gasteiger partial charge in [0.15, 0.2) is 18.8 Å². The molecule has 3 heterocycles. The van der Waals surface area contributed by atoms with Crippen molar-refractivity contribution in [3.8, 4) is 0 Å². The summed E-state index contributed by atoms with van der Waals surface area (Å²) in [5.74, 6) is -4.58. The highest BCUT2D eigenvalue weighted by Gasteiger charge is 2.72. The van der Waals surface area contributed by atoms with E-state index in [1.807, 2.05) is 0 Å². The van der Waals surface area contributed by atoms with E-state index in [4.69, 9.17) is 23.7 Å². The Kier molecular flexibility index (Phi) is 5.23. The summed E-state index contributed by atoms with van der Waals surface area (Å²) in [7, 11) is 1.46. The van der Waals surface area contributed by atoms with E-state index in [0.29, 0.717) is 0 Å². The molecule has 10 nitrogen and oxygen atoms in total. The molecular formula is C16H18O10. The SMILES string of the molecule is C=CC(=O)OCC(=O)OC1C2OC(=O)C3C2OC1C3C(=O)OCCOC. The third kappa shape index (κ3) is 3.17. The molecule has 6 atom stereocenters. The molecule has 3 fully saturated rings. The van der Waals surface area contributed by atoms with Crippen molar-refractivity contribution < 1.29 is 47.6 Å². The molecule has 3 rings (SSSR count). The van der Waals surface area contributed by atoms with Crippen molar-refractivity contribution in [1.82, 2.24) is 0 Å². The average molecular weight is 370 g/mol. The zero-order chi connectivity index (χ0) is 18.8. The number of hydrogen-bond donors (Lipinski definition) is 0. The number of fused-ring (bicyclic) bond motifs is 1. The largest absolute Gasteiger partial charge is 0.463 e. The molecule has 10 heteroatoms. The second-order valence-corrected chi connectivity index (χ2v) is 5.94. The second-order valence-electron chi connectivity index (χ2n) is 5.94. The van der Waals surface area contributed by atoms with Crippen molar-refractivity contribution >= 4 is 23.9 Å². The maximum absolute atomic E-state index is 12.3. The lowest BCUT2D eigenvalue weighted by atomic mass is 9.78. The first-order valence-corrected chi connectivity index (χ1v) is 7.98. The van der Waals surface area contributed by atoms with E-state index in [1.54, 1.807) is 0 Å². The summed E-state index contributed by atoms with van der Waals surface area (Å²) >= 11 is 0. The van der Waals surface area contributed by atoms with Crippen LogP contribution in [0.3, 0.4) is 0 Å². The molecule has 26 heavy (non-hydrogen) atoms. The first kappa shape index (κ1) is 18.3. The highest BCUT2D eigenvalue weighted by atomic mass is 16.7. The van der Waals surface area contributed by atoms with Gasteiger partial charge < -0.3 is 28.4 Å². The quantitative estimate of drug-likeness (QED) is 0.222. The standard InChI is InChI=1S/C16H18O10/c1-3-7(17)23-6-8(18)24-13-11-9(15(19)22-5-4-21-2)10-12(25-11)14(13)26-16(10)20/h3,9-14H,1,4-6H2,2H3. The number of carbonyl (C=O) groups excluding carboxylic acids is 4. The van der Waals surface area contributed by atoms with Gasteiger partial charge >= 0.3 is 23.9 Å². The van der Waals surface area contributed by atoms with Crippen LogP contribution in [0.2, 0.25) is 0 Å². The van der Waals surface area contributed by atoms with Crippen molar-refractivity contribution in [2.45, 2.75) is 24.4 Å². The minimum Gasteiger partial charge on any atom is -0.463 e. The van der Waals surface area contributed by atoms with Crippen LogP contribution in [-0.4, -0.2) is 75.2 Å². The molecule has 0 amide bonds. The normalized spacial score (nSPS) is 33.5. The Morgan fingerprint density at radius 3 is 2.62 bits per heavy atom. The molecule has 3 aliphatic heterocycles. The number of esters is 4. The molecule has 142 valence electrons. The number of methoxy groups -OCH3 is 1. The first-order chi connectivity index (χ1) is 12.5. The molecule has 0 aliphatic carbocycles. The maximum Gasteiger partial charge on any atom is 0.344 e. The van der Waals surface area contributed by atoms with Crippen LogP contribution in [-0.2, 0) is 47.6 Å². The molecule has 3 aliphatic rings. The van der Waals surface area contributed by atoms with E-state index in [-0.39, 0.29) is 13.2 Å². The highest BCUT2D eigenvalue weighted by Crippen LogP contribution is 2.51. The molecule has 0 aromatic carbocycles. The minimum absolute atomic E-state index is 0.0242. The number of ether oxygens (including phenoxy) is 6. The molecule has 0 N–H and O–H groups in total. The van der Waals surface area contributed by atoms with E-state index in [1.165, 1.54) is 7.11 Å². The van der Waals surface area contributed by atoms with Crippen LogP contribution in [0.4, 0.5) is 0 Å². The van der Waals surface area contributed by atoms with Crippen LogP contribution in [0.25, 0.3) is 0 Å². The van der Waals surface area contributed by atoms with Gasteiger partial charge in [-0.2, -0.15) is 0 Å². The average Bonchev–Trinajstić information content (AvgIpc) is 3.23.